The van der Waals surface area contributed by atoms with Crippen molar-refractivity contribution in [3.63, 3.8) is 0 Å². The fourth-order valence-corrected chi connectivity index (χ4v) is 7.13. The smallest absolute Gasteiger partial charge is 1.00 e. The van der Waals surface area contributed by atoms with E-state index in [0.717, 1.165) is 57.3 Å². The van der Waals surface area contributed by atoms with Crippen LogP contribution < -0.4 is 43.9 Å². The summed E-state index contributed by atoms with van der Waals surface area (Å²) in [6.45, 7) is 5.58. The van der Waals surface area contributed by atoms with Gasteiger partial charge < -0.3 is 11.6 Å². The van der Waals surface area contributed by atoms with E-state index < -0.39 is 16.2 Å². The van der Waals surface area contributed by atoms with Gasteiger partial charge >= 0.3 is 45.8 Å². The van der Waals surface area contributed by atoms with Gasteiger partial charge in [0.1, 0.15) is 0 Å². The molecule has 1 aromatic heterocycles. The summed E-state index contributed by atoms with van der Waals surface area (Å²) in [6, 6.07) is 1.45. The van der Waals surface area contributed by atoms with E-state index in [1.54, 1.807) is 17.1 Å². The number of piperidine rings is 1. The number of nitrogens with one attached hydrogen (secondary N) is 2. The zero-order valence-electron chi connectivity index (χ0n) is 22.9. The van der Waals surface area contributed by atoms with Crippen molar-refractivity contribution in [3.8, 4) is 0 Å². The predicted octanol–water partition coefficient (Wildman–Crippen LogP) is 0.525. The van der Waals surface area contributed by atoms with E-state index in [4.69, 9.17) is 0 Å². The number of carbonyl (C=O) groups is 1. The van der Waals surface area contributed by atoms with Crippen molar-refractivity contribution in [1.29, 1.82) is 0 Å². The molecule has 9 nitrogen and oxygen atoms in total. The summed E-state index contributed by atoms with van der Waals surface area (Å²) >= 11 is 0. The number of likely N-dealkylation sites (tertiary alicyclic amines) is 1. The number of amides is 2. The molecule has 11 heteroatoms. The molecule has 5 rings (SSSR count). The van der Waals surface area contributed by atoms with Gasteiger partial charge in [-0.3, -0.25) is 4.68 Å². The topological polar surface area (TPSA) is 99.6 Å². The van der Waals surface area contributed by atoms with E-state index in [0.29, 0.717) is 18.5 Å². The van der Waals surface area contributed by atoms with Gasteiger partial charge in [0.25, 0.3) is 0 Å². The Balaban J connectivity index is 0.00000190. The summed E-state index contributed by atoms with van der Waals surface area (Å²) < 4.78 is 32.8. The predicted molar refractivity (Wildman–Crippen MR) is 138 cm³/mol. The molecule has 0 saturated carbocycles. The average molecular weight is 525 g/mol. The molecule has 36 heavy (non-hydrogen) atoms. The second-order valence-corrected chi connectivity index (χ2v) is 11.9. The molecule has 0 spiro atoms. The monoisotopic (exact) mass is 524 g/mol. The minimum Gasteiger partial charge on any atom is -1.00 e. The molecule has 2 aromatic rings. The molecule has 2 aliphatic carbocycles. The molecule has 0 unspecified atom stereocenters. The molecule has 2 N–H and O–H groups in total. The standard InChI is InChI=1S/C25H36N6O3S.Na.H/c1-17(2)30-16-21(15-26-30)31(20-10-12-29(3)13-11-20)35(33,34)28-25(32)27-24-22-8-4-6-18(22)14-19-7-5-9-23(19)24;;/h14-17,20H,4-13H2,1-3H3,(H2,27,28,32);;/q;+1;-1. The fourth-order valence-electron chi connectivity index (χ4n) is 5.77. The molecule has 2 heterocycles. The van der Waals surface area contributed by atoms with Gasteiger partial charge in [0, 0.05) is 24.0 Å². The van der Waals surface area contributed by atoms with E-state index >= 15 is 0 Å². The molecule has 0 radical (unpaired) electrons. The number of benzene rings is 1. The van der Waals surface area contributed by atoms with Crippen molar-refractivity contribution in [2.75, 3.05) is 29.8 Å². The van der Waals surface area contributed by atoms with Crippen LogP contribution in [0.4, 0.5) is 16.2 Å². The Morgan fingerprint density at radius 2 is 1.72 bits per heavy atom. The molecule has 192 valence electrons. The third-order valence-corrected chi connectivity index (χ3v) is 9.05. The van der Waals surface area contributed by atoms with Crippen LogP contribution in [0.1, 0.15) is 69.3 Å². The number of rotatable bonds is 6. The maximum Gasteiger partial charge on any atom is 1.00 e. The molecule has 0 atom stereocenters. The first-order valence-electron chi connectivity index (χ1n) is 12.8. The van der Waals surface area contributed by atoms with E-state index in [-0.39, 0.29) is 43.1 Å². The van der Waals surface area contributed by atoms with Crippen LogP contribution in [0, 0.1) is 0 Å². The molecular formula is C25H37N6NaO3S. The summed E-state index contributed by atoms with van der Waals surface area (Å²) in [5, 5.41) is 7.31. The van der Waals surface area contributed by atoms with Crippen LogP contribution in [-0.4, -0.2) is 55.3 Å². The van der Waals surface area contributed by atoms with Crippen LogP contribution in [-0.2, 0) is 35.9 Å². The SMILES string of the molecule is CC(C)n1cc(N(C2CCN(C)CC2)S(=O)(=O)NC(=O)Nc2c3c(cc4c2CCC4)CCC3)cn1.[H-].[Na+]. The van der Waals surface area contributed by atoms with E-state index in [1.807, 2.05) is 20.9 Å². The van der Waals surface area contributed by atoms with E-state index in [9.17, 15) is 13.2 Å². The molecule has 1 fully saturated rings. The Morgan fingerprint density at radius 3 is 2.28 bits per heavy atom. The Hall–Kier alpha value is -1.59. The number of nitrogens with zero attached hydrogens (tertiary/aromatic N) is 4. The first-order valence-corrected chi connectivity index (χ1v) is 14.2. The summed E-state index contributed by atoms with van der Waals surface area (Å²) in [5.41, 5.74) is 6.23. The van der Waals surface area contributed by atoms with Crippen LogP contribution in [0.3, 0.4) is 0 Å². The van der Waals surface area contributed by atoms with Crippen LogP contribution in [0.5, 0.6) is 0 Å². The Kier molecular flexibility index (Phi) is 8.41. The molecule has 3 aliphatic rings. The maximum atomic E-state index is 13.7. The van der Waals surface area contributed by atoms with Gasteiger partial charge in [-0.15, -0.1) is 0 Å². The molecule has 1 aliphatic heterocycles. The Labute approximate surface area is 237 Å². The van der Waals surface area contributed by atoms with Gasteiger partial charge in [0.2, 0.25) is 0 Å². The average Bonchev–Trinajstić information content (AvgIpc) is 3.55. The number of hydrogen-bond donors (Lipinski definition) is 2. The van der Waals surface area contributed by atoms with Gasteiger partial charge in [-0.1, -0.05) is 6.07 Å². The van der Waals surface area contributed by atoms with E-state index in [1.165, 1.54) is 26.6 Å². The fraction of sp³-hybridized carbons (Fsp3) is 0.600. The minimum atomic E-state index is -4.15. The second-order valence-electron chi connectivity index (χ2n) is 10.4. The second kappa shape index (κ2) is 11.0. The molecule has 1 aromatic carbocycles. The van der Waals surface area contributed by atoms with Gasteiger partial charge in [-0.05, 0) is 108 Å². The number of hydrogen-bond acceptors (Lipinski definition) is 5. The molecule has 0 bridgehead atoms. The number of anilines is 2. The van der Waals surface area contributed by atoms with E-state index in [2.05, 4.69) is 26.1 Å². The molecular weight excluding hydrogens is 487 g/mol. The van der Waals surface area contributed by atoms with Crippen molar-refractivity contribution < 1.29 is 44.2 Å². The first kappa shape index (κ1) is 27.4. The first-order chi connectivity index (χ1) is 16.7. The van der Waals surface area contributed by atoms with Gasteiger partial charge in [0.15, 0.2) is 0 Å². The normalized spacial score (nSPS) is 18.0. The van der Waals surface area contributed by atoms with Crippen LogP contribution in [0.15, 0.2) is 18.5 Å². The van der Waals surface area contributed by atoms with Crippen LogP contribution in [0.2, 0.25) is 0 Å². The third kappa shape index (κ3) is 5.48. The summed E-state index contributed by atoms with van der Waals surface area (Å²) in [7, 11) is -2.12. The molecule has 1 saturated heterocycles. The van der Waals surface area contributed by atoms with Gasteiger partial charge in [-0.2, -0.15) is 13.5 Å². The summed E-state index contributed by atoms with van der Waals surface area (Å²) in [5.74, 6) is 0. The summed E-state index contributed by atoms with van der Waals surface area (Å²) in [6.07, 6.45) is 10.7. The Morgan fingerprint density at radius 1 is 1.11 bits per heavy atom. The number of urea groups is 1. The number of carbonyl (C=O) groups excluding carboxylic acids is 1. The third-order valence-electron chi connectivity index (χ3n) is 7.58. The number of fused-ring (bicyclic) bond motifs is 2. The van der Waals surface area contributed by atoms with Gasteiger partial charge in [-0.25, -0.2) is 13.8 Å². The zero-order valence-corrected chi connectivity index (χ0v) is 24.7. The van der Waals surface area contributed by atoms with Crippen molar-refractivity contribution in [2.24, 2.45) is 0 Å². The zero-order chi connectivity index (χ0) is 24.7. The van der Waals surface area contributed by atoms with Crippen molar-refractivity contribution in [2.45, 2.75) is 77.3 Å². The Bertz CT molecular complexity index is 1200. The number of aryl methyl sites for hydroxylation is 2. The molecule has 2 amide bonds. The number of aromatic nitrogens is 2. The van der Waals surface area contributed by atoms with Gasteiger partial charge in [0.05, 0.1) is 11.9 Å². The van der Waals surface area contributed by atoms with Crippen molar-refractivity contribution in [1.82, 2.24) is 19.4 Å². The van der Waals surface area contributed by atoms with Crippen LogP contribution in [0.25, 0.3) is 0 Å². The van der Waals surface area contributed by atoms with Crippen LogP contribution >= 0.6 is 0 Å². The maximum absolute atomic E-state index is 13.7. The summed E-state index contributed by atoms with van der Waals surface area (Å²) in [4.78, 5) is 15.3. The van der Waals surface area contributed by atoms with Crippen molar-refractivity contribution >= 4 is 27.6 Å². The largest absolute Gasteiger partial charge is 1.00 e. The van der Waals surface area contributed by atoms with Crippen molar-refractivity contribution in [3.05, 3.63) is 40.7 Å². The minimum absolute atomic E-state index is 0. The quantitative estimate of drug-likeness (QED) is 0.537.